The second-order valence-electron chi connectivity index (χ2n) is 7.57. The highest BCUT2D eigenvalue weighted by molar-refractivity contribution is 5.92. The summed E-state index contributed by atoms with van der Waals surface area (Å²) >= 11 is 0. The Labute approximate surface area is 196 Å². The predicted octanol–water partition coefficient (Wildman–Crippen LogP) is 2.97. The van der Waals surface area contributed by atoms with Crippen LogP contribution >= 0.6 is 0 Å². The van der Waals surface area contributed by atoms with Crippen LogP contribution in [0.25, 0.3) is 0 Å². The van der Waals surface area contributed by atoms with Crippen molar-refractivity contribution < 1.29 is 23.8 Å². The Balaban J connectivity index is 2.08. The van der Waals surface area contributed by atoms with E-state index in [1.807, 2.05) is 36.9 Å². The van der Waals surface area contributed by atoms with E-state index in [0.717, 1.165) is 11.4 Å². The molecule has 0 radical (unpaired) electrons. The lowest BCUT2D eigenvalue weighted by atomic mass is 10.3. The molecule has 0 saturated carbocycles. The van der Waals surface area contributed by atoms with Gasteiger partial charge in [-0.1, -0.05) is 0 Å². The fourth-order valence-electron chi connectivity index (χ4n) is 3.27. The van der Waals surface area contributed by atoms with E-state index in [-0.39, 0.29) is 18.5 Å². The van der Waals surface area contributed by atoms with Crippen molar-refractivity contribution in [3.63, 3.8) is 0 Å². The molecule has 0 spiro atoms. The van der Waals surface area contributed by atoms with E-state index in [9.17, 15) is 9.59 Å². The van der Waals surface area contributed by atoms with Gasteiger partial charge >= 0.3 is 6.03 Å². The fourth-order valence-corrected chi connectivity index (χ4v) is 3.27. The summed E-state index contributed by atoms with van der Waals surface area (Å²) in [5, 5.41) is 2.87. The van der Waals surface area contributed by atoms with Crippen LogP contribution < -0.4 is 10.1 Å². The molecule has 0 bridgehead atoms. The molecular formula is C24H36N4O5. The van der Waals surface area contributed by atoms with Gasteiger partial charge in [0.15, 0.2) is 0 Å². The predicted molar refractivity (Wildman–Crippen MR) is 127 cm³/mol. The molecular weight excluding hydrogens is 424 g/mol. The molecule has 1 heterocycles. The van der Waals surface area contributed by atoms with Gasteiger partial charge in [0, 0.05) is 58.5 Å². The Morgan fingerprint density at radius 1 is 1.00 bits per heavy atom. The van der Waals surface area contributed by atoms with E-state index in [4.69, 9.17) is 14.2 Å². The molecule has 3 amide bonds. The second kappa shape index (κ2) is 14.2. The van der Waals surface area contributed by atoms with Gasteiger partial charge in [-0.15, -0.1) is 0 Å². The van der Waals surface area contributed by atoms with E-state index in [2.05, 4.69) is 5.32 Å². The Morgan fingerprint density at radius 2 is 1.73 bits per heavy atom. The van der Waals surface area contributed by atoms with E-state index in [1.54, 1.807) is 43.4 Å². The van der Waals surface area contributed by atoms with Crippen LogP contribution in [0.15, 0.2) is 42.6 Å². The minimum Gasteiger partial charge on any atom is -0.494 e. The Kier molecular flexibility index (Phi) is 11.3. The van der Waals surface area contributed by atoms with Crippen LogP contribution in [0, 0.1) is 0 Å². The zero-order valence-electron chi connectivity index (χ0n) is 20.1. The first-order valence-electron chi connectivity index (χ1n) is 11.1. The van der Waals surface area contributed by atoms with Crippen LogP contribution in [0.2, 0.25) is 0 Å². The van der Waals surface area contributed by atoms with Crippen molar-refractivity contribution in [1.29, 1.82) is 0 Å². The summed E-state index contributed by atoms with van der Waals surface area (Å²) in [6.45, 7) is 4.63. The Morgan fingerprint density at radius 3 is 2.33 bits per heavy atom. The van der Waals surface area contributed by atoms with Crippen molar-refractivity contribution in [2.45, 2.75) is 19.9 Å². The molecule has 2 aromatic rings. The molecule has 0 atom stereocenters. The smallest absolute Gasteiger partial charge is 0.322 e. The first kappa shape index (κ1) is 26.2. The lowest BCUT2D eigenvalue weighted by molar-refractivity contribution is -0.133. The number of methoxy groups -OCH3 is 2. The van der Waals surface area contributed by atoms with Crippen LogP contribution in [0.1, 0.15) is 19.0 Å². The largest absolute Gasteiger partial charge is 0.494 e. The summed E-state index contributed by atoms with van der Waals surface area (Å²) in [7, 11) is 5.16. The number of benzene rings is 1. The molecule has 1 aromatic carbocycles. The molecule has 0 unspecified atom stereocenters. The maximum absolute atomic E-state index is 13.2. The average Bonchev–Trinajstić information content (AvgIpc) is 3.21. The highest BCUT2D eigenvalue weighted by Gasteiger charge is 2.22. The number of nitrogens with zero attached hydrogens (tertiary/aromatic N) is 3. The molecule has 0 fully saturated rings. The molecule has 9 nitrogen and oxygen atoms in total. The lowest BCUT2D eigenvalue weighted by Gasteiger charge is -2.28. The summed E-state index contributed by atoms with van der Waals surface area (Å²) in [6.07, 6.45) is 2.56. The number of carbonyl (C=O) groups excluding carboxylic acids is 2. The zero-order valence-corrected chi connectivity index (χ0v) is 20.1. The molecule has 0 aliphatic rings. The van der Waals surface area contributed by atoms with E-state index in [1.165, 1.54) is 4.90 Å². The van der Waals surface area contributed by atoms with Gasteiger partial charge in [-0.2, -0.15) is 0 Å². The third-order valence-electron chi connectivity index (χ3n) is 5.13. The van der Waals surface area contributed by atoms with Gasteiger partial charge in [0.05, 0.1) is 19.8 Å². The number of aromatic nitrogens is 1. The van der Waals surface area contributed by atoms with Crippen LogP contribution in [0.5, 0.6) is 5.75 Å². The highest BCUT2D eigenvalue weighted by Crippen LogP contribution is 2.16. The van der Waals surface area contributed by atoms with Gasteiger partial charge in [0.2, 0.25) is 5.91 Å². The Hall–Kier alpha value is -3.04. The Bertz CT molecular complexity index is 853. The monoisotopic (exact) mass is 460 g/mol. The first-order chi connectivity index (χ1) is 16.0. The van der Waals surface area contributed by atoms with Crippen LogP contribution in [-0.2, 0) is 27.9 Å². The van der Waals surface area contributed by atoms with Gasteiger partial charge in [-0.3, -0.25) is 4.79 Å². The minimum atomic E-state index is -0.339. The van der Waals surface area contributed by atoms with E-state index in [0.29, 0.717) is 51.6 Å². The number of aryl methyl sites for hydroxylation is 1. The average molecular weight is 461 g/mol. The molecule has 9 heteroatoms. The van der Waals surface area contributed by atoms with Crippen molar-refractivity contribution in [1.82, 2.24) is 14.4 Å². The SMILES string of the molecule is CCOc1ccc(NC(=O)N(CCCOC)CC(=O)N(CCOC)Cc2cccn2C)cc1. The number of urea groups is 1. The number of amides is 3. The third-order valence-corrected chi connectivity index (χ3v) is 5.13. The van der Waals surface area contributed by atoms with Gasteiger partial charge < -0.3 is 33.9 Å². The van der Waals surface area contributed by atoms with Crippen molar-refractivity contribution in [2.75, 3.05) is 59.0 Å². The molecule has 0 aliphatic carbocycles. The van der Waals surface area contributed by atoms with Gasteiger partial charge in [-0.25, -0.2) is 4.79 Å². The molecule has 0 aliphatic heterocycles. The highest BCUT2D eigenvalue weighted by atomic mass is 16.5. The number of hydrogen-bond donors (Lipinski definition) is 1. The topological polar surface area (TPSA) is 85.3 Å². The number of hydrogen-bond acceptors (Lipinski definition) is 5. The number of carbonyl (C=O) groups is 2. The van der Waals surface area contributed by atoms with Crippen molar-refractivity contribution >= 4 is 17.6 Å². The number of rotatable bonds is 14. The maximum atomic E-state index is 13.2. The molecule has 1 N–H and O–H groups in total. The normalized spacial score (nSPS) is 10.7. The van der Waals surface area contributed by atoms with Crippen LogP contribution in [0.4, 0.5) is 10.5 Å². The van der Waals surface area contributed by atoms with Crippen LogP contribution in [0.3, 0.4) is 0 Å². The minimum absolute atomic E-state index is 0.0410. The quantitative estimate of drug-likeness (QED) is 0.438. The molecule has 2 rings (SSSR count). The standard InChI is InChI=1S/C24H36N4O5/c1-5-33-22-11-9-20(10-12-22)25-24(30)28(14-7-16-31-3)19-23(29)27(15-17-32-4)18-21-8-6-13-26(21)2/h6,8-13H,5,7,14-19H2,1-4H3,(H,25,30). The van der Waals surface area contributed by atoms with Gasteiger partial charge in [0.25, 0.3) is 0 Å². The summed E-state index contributed by atoms with van der Waals surface area (Å²) in [6, 6.07) is 10.7. The molecule has 33 heavy (non-hydrogen) atoms. The summed E-state index contributed by atoms with van der Waals surface area (Å²) < 4.78 is 17.7. The number of nitrogens with one attached hydrogen (secondary N) is 1. The number of ether oxygens (including phenoxy) is 3. The molecule has 1 aromatic heterocycles. The van der Waals surface area contributed by atoms with Crippen LogP contribution in [-0.4, -0.2) is 80.0 Å². The summed E-state index contributed by atoms with van der Waals surface area (Å²) in [5.74, 6) is 0.588. The maximum Gasteiger partial charge on any atom is 0.322 e. The van der Waals surface area contributed by atoms with E-state index >= 15 is 0 Å². The van der Waals surface area contributed by atoms with Gasteiger partial charge in [-0.05, 0) is 49.7 Å². The summed E-state index contributed by atoms with van der Waals surface area (Å²) in [5.41, 5.74) is 1.64. The fraction of sp³-hybridized carbons (Fsp3) is 0.500. The van der Waals surface area contributed by atoms with E-state index < -0.39 is 0 Å². The second-order valence-corrected chi connectivity index (χ2v) is 7.57. The first-order valence-corrected chi connectivity index (χ1v) is 11.1. The van der Waals surface area contributed by atoms with Gasteiger partial charge in [0.1, 0.15) is 12.3 Å². The van der Waals surface area contributed by atoms with Crippen molar-refractivity contribution in [3.8, 4) is 5.75 Å². The molecule has 182 valence electrons. The third kappa shape index (κ3) is 8.78. The molecule has 0 saturated heterocycles. The number of anilines is 1. The zero-order chi connectivity index (χ0) is 24.1. The summed E-state index contributed by atoms with van der Waals surface area (Å²) in [4.78, 5) is 29.4. The lowest BCUT2D eigenvalue weighted by Crippen LogP contribution is -2.45. The van der Waals surface area contributed by atoms with Crippen molar-refractivity contribution in [2.24, 2.45) is 7.05 Å². The van der Waals surface area contributed by atoms with Crippen molar-refractivity contribution in [3.05, 3.63) is 48.3 Å².